The molecule has 6 rings (SSSR count). The Kier molecular flexibility index (Phi) is 5.96. The molecule has 1 unspecified atom stereocenters. The smallest absolute Gasteiger partial charge is 0.434 e. The number of amides is 1. The van der Waals surface area contributed by atoms with Crippen LogP contribution in [0.15, 0.2) is 101 Å². The highest BCUT2D eigenvalue weighted by Gasteiger charge is 2.46. The quantitative estimate of drug-likeness (QED) is 0.285. The van der Waals surface area contributed by atoms with Gasteiger partial charge in [0.05, 0.1) is 17.1 Å². The van der Waals surface area contributed by atoms with Gasteiger partial charge >= 0.3 is 6.09 Å². The maximum absolute atomic E-state index is 12.8. The van der Waals surface area contributed by atoms with Crippen LogP contribution in [0.4, 0.5) is 10.5 Å². The first-order valence-corrected chi connectivity index (χ1v) is 12.5. The van der Waals surface area contributed by atoms with Crippen LogP contribution in [0.25, 0.3) is 11.1 Å². The highest BCUT2D eigenvalue weighted by molar-refractivity contribution is 6.57. The Labute approximate surface area is 219 Å². The lowest BCUT2D eigenvalue weighted by Crippen LogP contribution is -2.17. The van der Waals surface area contributed by atoms with Crippen molar-refractivity contribution < 1.29 is 19.1 Å². The van der Waals surface area contributed by atoms with Gasteiger partial charge in [0.1, 0.15) is 17.4 Å². The van der Waals surface area contributed by atoms with Crippen LogP contribution in [0.5, 0.6) is 0 Å². The zero-order chi connectivity index (χ0) is 26.1. The summed E-state index contributed by atoms with van der Waals surface area (Å²) >= 11 is 0. The number of carbonyl (C=O) groups excluding carboxylic acids is 2. The number of fused-ring (bicyclic) bond motifs is 1. The number of aliphatic imine (C=N–C) groups is 2. The molecule has 1 fully saturated rings. The van der Waals surface area contributed by atoms with Crippen molar-refractivity contribution in [1.29, 1.82) is 0 Å². The molecule has 0 radical (unpaired) electrons. The lowest BCUT2D eigenvalue weighted by atomic mass is 9.98. The van der Waals surface area contributed by atoms with Crippen LogP contribution in [0.1, 0.15) is 48.3 Å². The number of rotatable bonds is 7. The molecule has 188 valence electrons. The van der Waals surface area contributed by atoms with E-state index >= 15 is 0 Å². The molecule has 4 aromatic rings. The lowest BCUT2D eigenvalue weighted by Gasteiger charge is -2.14. The van der Waals surface area contributed by atoms with Crippen molar-refractivity contribution >= 4 is 29.7 Å². The molecule has 1 aliphatic heterocycles. The number of benzene rings is 3. The largest absolute Gasteiger partial charge is 0.456 e. The average Bonchev–Trinajstić information content (AvgIpc) is 3.45. The number of nitrogens with one attached hydrogen (secondary N) is 1. The van der Waals surface area contributed by atoms with Crippen LogP contribution in [0, 0.1) is 0 Å². The summed E-state index contributed by atoms with van der Waals surface area (Å²) in [6.45, 7) is 2.35. The van der Waals surface area contributed by atoms with E-state index in [1.165, 1.54) is 0 Å². The molecule has 1 atom stereocenters. The van der Waals surface area contributed by atoms with Gasteiger partial charge in [-0.3, -0.25) is 4.79 Å². The Hall–Kier alpha value is -4.78. The van der Waals surface area contributed by atoms with Gasteiger partial charge in [-0.25, -0.2) is 9.79 Å². The fraction of sp³-hybridized carbons (Fsp3) is 0.161. The third-order valence-corrected chi connectivity index (χ3v) is 7.05. The molecule has 0 saturated heterocycles. The predicted molar refractivity (Wildman–Crippen MR) is 145 cm³/mol. The predicted octanol–water partition coefficient (Wildman–Crippen LogP) is 6.67. The maximum Gasteiger partial charge on any atom is 0.434 e. The Bertz CT molecular complexity index is 1550. The Morgan fingerprint density at radius 1 is 0.947 bits per heavy atom. The minimum atomic E-state index is -0.671. The van der Waals surface area contributed by atoms with E-state index in [4.69, 9.17) is 14.5 Å². The molecule has 1 aliphatic carbocycles. The van der Waals surface area contributed by atoms with Gasteiger partial charge < -0.3 is 14.5 Å². The van der Waals surface area contributed by atoms with E-state index in [9.17, 15) is 9.59 Å². The van der Waals surface area contributed by atoms with Crippen LogP contribution in [-0.2, 0) is 19.9 Å². The average molecular weight is 504 g/mol. The summed E-state index contributed by atoms with van der Waals surface area (Å²) in [6, 6.07) is 27.5. The first-order chi connectivity index (χ1) is 18.6. The van der Waals surface area contributed by atoms with Gasteiger partial charge in [-0.1, -0.05) is 78.9 Å². The summed E-state index contributed by atoms with van der Waals surface area (Å²) in [5.41, 5.74) is 6.88. The number of H-pyrrole nitrogens is 1. The first-order valence-electron chi connectivity index (χ1n) is 12.5. The topological polar surface area (TPSA) is 93.1 Å². The number of nitrogens with zero attached hydrogens (tertiary/aromatic N) is 2. The normalized spacial score (nSPS) is 16.9. The second-order valence-corrected chi connectivity index (χ2v) is 9.46. The molecule has 0 bridgehead atoms. The molecule has 3 aromatic carbocycles. The fourth-order valence-corrected chi connectivity index (χ4v) is 4.77. The van der Waals surface area contributed by atoms with Crippen LogP contribution in [-0.4, -0.2) is 29.0 Å². The lowest BCUT2D eigenvalue weighted by molar-refractivity contribution is -0.136. The number of aromatic nitrogens is 1. The van der Waals surface area contributed by atoms with Crippen LogP contribution >= 0.6 is 0 Å². The molecule has 7 nitrogen and oxygen atoms in total. The molecule has 2 aliphatic rings. The molecule has 1 aromatic heterocycles. The molecular weight excluding hydrogens is 478 g/mol. The highest BCUT2D eigenvalue weighted by atomic mass is 16.6. The van der Waals surface area contributed by atoms with Gasteiger partial charge in [0.25, 0.3) is 6.47 Å². The fourth-order valence-electron chi connectivity index (χ4n) is 4.77. The second-order valence-electron chi connectivity index (χ2n) is 9.46. The summed E-state index contributed by atoms with van der Waals surface area (Å²) in [7, 11) is 0. The number of aromatic amines is 1. The SMILES string of the molecule is CC(OC(=O)N=C1C(c2ccc(-c3ccc(C4(OC=O)CC4)cc3)cc2)=Nc2cc[nH]c21)c1ccccc1. The summed E-state index contributed by atoms with van der Waals surface area (Å²) in [5, 5.41) is 0. The van der Waals surface area contributed by atoms with E-state index in [1.807, 2.05) is 91.9 Å². The van der Waals surface area contributed by atoms with E-state index in [0.717, 1.165) is 46.3 Å². The summed E-state index contributed by atoms with van der Waals surface area (Å²) in [4.78, 5) is 35.8. The van der Waals surface area contributed by atoms with Crippen molar-refractivity contribution in [3.8, 4) is 11.1 Å². The third kappa shape index (κ3) is 4.43. The van der Waals surface area contributed by atoms with Gasteiger partial charge in [-0.05, 0) is 48.1 Å². The van der Waals surface area contributed by atoms with E-state index in [2.05, 4.69) is 9.98 Å². The van der Waals surface area contributed by atoms with Crippen molar-refractivity contribution in [3.63, 3.8) is 0 Å². The van der Waals surface area contributed by atoms with Crippen molar-refractivity contribution in [1.82, 2.24) is 4.98 Å². The Morgan fingerprint density at radius 2 is 1.61 bits per heavy atom. The van der Waals surface area contributed by atoms with Gasteiger partial charge in [-0.15, -0.1) is 0 Å². The zero-order valence-electron chi connectivity index (χ0n) is 20.8. The van der Waals surface area contributed by atoms with Crippen LogP contribution in [0.3, 0.4) is 0 Å². The van der Waals surface area contributed by atoms with Crippen molar-refractivity contribution in [3.05, 3.63) is 114 Å². The van der Waals surface area contributed by atoms with Gasteiger partial charge in [0.2, 0.25) is 0 Å². The van der Waals surface area contributed by atoms with E-state index < -0.39 is 17.8 Å². The molecular formula is C31H25N3O4. The van der Waals surface area contributed by atoms with E-state index in [0.29, 0.717) is 23.6 Å². The highest BCUT2D eigenvalue weighted by Crippen LogP contribution is 2.49. The maximum atomic E-state index is 12.8. The number of carbonyl (C=O) groups is 2. The van der Waals surface area contributed by atoms with Gasteiger partial charge in [0.15, 0.2) is 0 Å². The molecule has 1 N–H and O–H groups in total. The molecule has 2 heterocycles. The Morgan fingerprint density at radius 3 is 2.26 bits per heavy atom. The number of hydrogen-bond acceptors (Lipinski definition) is 5. The van der Waals surface area contributed by atoms with Crippen molar-refractivity contribution in [2.24, 2.45) is 9.98 Å². The first kappa shape index (κ1) is 23.6. The summed E-state index contributed by atoms with van der Waals surface area (Å²) in [5.74, 6) is 0. The molecule has 1 saturated carbocycles. The molecule has 1 amide bonds. The van der Waals surface area contributed by atoms with Crippen LogP contribution < -0.4 is 0 Å². The second kappa shape index (κ2) is 9.59. The minimum Gasteiger partial charge on any atom is -0.456 e. The zero-order valence-corrected chi connectivity index (χ0v) is 20.8. The Balaban J connectivity index is 1.22. The number of ether oxygens (including phenoxy) is 2. The van der Waals surface area contributed by atoms with Crippen molar-refractivity contribution in [2.45, 2.75) is 31.5 Å². The van der Waals surface area contributed by atoms with E-state index in [1.54, 1.807) is 6.20 Å². The molecule has 7 heteroatoms. The summed E-state index contributed by atoms with van der Waals surface area (Å²) in [6.07, 6.45) is 2.38. The molecule has 38 heavy (non-hydrogen) atoms. The van der Waals surface area contributed by atoms with Crippen LogP contribution in [0.2, 0.25) is 0 Å². The van der Waals surface area contributed by atoms with E-state index in [-0.39, 0.29) is 0 Å². The third-order valence-electron chi connectivity index (χ3n) is 7.05. The van der Waals surface area contributed by atoms with Gasteiger partial charge in [0, 0.05) is 11.8 Å². The summed E-state index contributed by atoms with van der Waals surface area (Å²) < 4.78 is 10.9. The minimum absolute atomic E-state index is 0.427. The standard InChI is InChI=1S/C31H25N3O4/c1-20(21-5-3-2-4-6-21)38-30(36)34-29-27(33-26-15-18-32-28(26)29)24-9-7-22(8-10-24)23-11-13-25(14-12-23)31(16-17-31)37-19-35/h2-15,18-20,32H,16-17H2,1H3. The number of hydrogen-bond donors (Lipinski definition) is 1. The molecule has 0 spiro atoms. The monoisotopic (exact) mass is 503 g/mol. The van der Waals surface area contributed by atoms with Gasteiger partial charge in [-0.2, -0.15) is 4.99 Å². The van der Waals surface area contributed by atoms with Crippen molar-refractivity contribution in [2.75, 3.05) is 0 Å².